The smallest absolute Gasteiger partial charge is 0.274 e. The van der Waals surface area contributed by atoms with Crippen LogP contribution < -0.4 is 0 Å². The summed E-state index contributed by atoms with van der Waals surface area (Å²) in [5.41, 5.74) is 4.02. The number of piperidine rings is 1. The van der Waals surface area contributed by atoms with Crippen molar-refractivity contribution in [1.29, 1.82) is 0 Å². The molecule has 2 aliphatic heterocycles. The Balaban J connectivity index is 1.36. The van der Waals surface area contributed by atoms with Crippen molar-refractivity contribution in [3.63, 3.8) is 0 Å². The van der Waals surface area contributed by atoms with Gasteiger partial charge in [-0.1, -0.05) is 24.3 Å². The first-order valence-corrected chi connectivity index (χ1v) is 11.5. The van der Waals surface area contributed by atoms with Gasteiger partial charge in [-0.2, -0.15) is 0 Å². The molecule has 2 aromatic rings. The van der Waals surface area contributed by atoms with Crippen molar-refractivity contribution in [2.45, 2.75) is 52.2 Å². The number of aromatic nitrogens is 2. The van der Waals surface area contributed by atoms with Gasteiger partial charge in [-0.05, 0) is 69.7 Å². The number of hydrogen-bond acceptors (Lipinski definition) is 5. The molecule has 2 fully saturated rings. The number of carbonyl (C=O) groups is 1. The van der Waals surface area contributed by atoms with Crippen LogP contribution in [0.15, 0.2) is 36.7 Å². The molecule has 4 rings (SSSR count). The van der Waals surface area contributed by atoms with Crippen LogP contribution in [-0.4, -0.2) is 64.6 Å². The van der Waals surface area contributed by atoms with Crippen molar-refractivity contribution in [1.82, 2.24) is 19.8 Å². The Bertz CT molecular complexity index is 856. The highest BCUT2D eigenvalue weighted by Crippen LogP contribution is 2.23. The second kappa shape index (κ2) is 10.3. The normalized spacial score (nSPS) is 20.1. The molecule has 3 heterocycles. The van der Waals surface area contributed by atoms with E-state index in [-0.39, 0.29) is 12.0 Å². The second-order valence-electron chi connectivity index (χ2n) is 9.03. The molecular weight excluding hydrogens is 388 g/mol. The minimum absolute atomic E-state index is 0.0228. The van der Waals surface area contributed by atoms with Gasteiger partial charge in [0.25, 0.3) is 5.91 Å². The Hall–Kier alpha value is -2.31. The Morgan fingerprint density at radius 2 is 1.90 bits per heavy atom. The van der Waals surface area contributed by atoms with Crippen LogP contribution in [0.4, 0.5) is 0 Å². The minimum Gasteiger partial charge on any atom is -0.376 e. The molecule has 2 saturated heterocycles. The molecule has 0 radical (unpaired) electrons. The number of aryl methyl sites for hydroxylation is 2. The molecule has 0 saturated carbocycles. The number of benzene rings is 1. The van der Waals surface area contributed by atoms with E-state index < -0.39 is 0 Å². The van der Waals surface area contributed by atoms with Crippen molar-refractivity contribution < 1.29 is 9.53 Å². The Kier molecular flexibility index (Phi) is 7.30. The van der Waals surface area contributed by atoms with E-state index in [1.54, 1.807) is 12.4 Å². The van der Waals surface area contributed by atoms with Crippen LogP contribution in [0, 0.1) is 19.8 Å². The molecule has 1 aromatic heterocycles. The molecule has 0 spiro atoms. The highest BCUT2D eigenvalue weighted by atomic mass is 16.5. The van der Waals surface area contributed by atoms with E-state index in [1.165, 1.54) is 11.1 Å². The van der Waals surface area contributed by atoms with Crippen molar-refractivity contribution in [2.75, 3.05) is 32.8 Å². The first-order chi connectivity index (χ1) is 15.1. The summed E-state index contributed by atoms with van der Waals surface area (Å²) in [6.45, 7) is 9.45. The van der Waals surface area contributed by atoms with Crippen LogP contribution in [0.2, 0.25) is 0 Å². The van der Waals surface area contributed by atoms with Gasteiger partial charge >= 0.3 is 0 Å². The monoisotopic (exact) mass is 422 g/mol. The van der Waals surface area contributed by atoms with E-state index in [1.807, 2.05) is 11.8 Å². The van der Waals surface area contributed by atoms with Gasteiger partial charge in [0.05, 0.1) is 18.0 Å². The van der Waals surface area contributed by atoms with Gasteiger partial charge in [0.15, 0.2) is 0 Å². The molecule has 0 unspecified atom stereocenters. The van der Waals surface area contributed by atoms with Crippen LogP contribution in [0.1, 0.15) is 53.0 Å². The number of amides is 1. The number of likely N-dealkylation sites (tertiary alicyclic amines) is 1. The summed E-state index contributed by atoms with van der Waals surface area (Å²) in [4.78, 5) is 26.3. The number of ether oxygens (including phenoxy) is 1. The van der Waals surface area contributed by atoms with E-state index in [4.69, 9.17) is 4.74 Å². The summed E-state index contributed by atoms with van der Waals surface area (Å²) >= 11 is 0. The fourth-order valence-corrected chi connectivity index (χ4v) is 4.61. The zero-order valence-corrected chi connectivity index (χ0v) is 18.8. The second-order valence-corrected chi connectivity index (χ2v) is 9.03. The van der Waals surface area contributed by atoms with Crippen molar-refractivity contribution in [2.24, 2.45) is 5.92 Å². The molecule has 6 heteroatoms. The van der Waals surface area contributed by atoms with Crippen LogP contribution in [-0.2, 0) is 11.3 Å². The average Bonchev–Trinajstić information content (AvgIpc) is 3.29. The number of nitrogens with zero attached hydrogens (tertiary/aromatic N) is 4. The largest absolute Gasteiger partial charge is 0.376 e. The highest BCUT2D eigenvalue weighted by molar-refractivity contribution is 5.92. The third kappa shape index (κ3) is 5.89. The molecular formula is C25H34N4O2. The molecule has 6 nitrogen and oxygen atoms in total. The van der Waals surface area contributed by atoms with Crippen molar-refractivity contribution in [3.05, 3.63) is 59.2 Å². The van der Waals surface area contributed by atoms with Gasteiger partial charge in [-0.3, -0.25) is 14.7 Å². The van der Waals surface area contributed by atoms with E-state index in [0.29, 0.717) is 18.2 Å². The average molecular weight is 423 g/mol. The lowest BCUT2D eigenvalue weighted by atomic mass is 9.95. The van der Waals surface area contributed by atoms with E-state index in [0.717, 1.165) is 64.2 Å². The van der Waals surface area contributed by atoms with E-state index >= 15 is 0 Å². The summed E-state index contributed by atoms with van der Waals surface area (Å²) in [6.07, 6.45) is 7.74. The van der Waals surface area contributed by atoms with E-state index in [9.17, 15) is 4.79 Å². The maximum atomic E-state index is 13.2. The van der Waals surface area contributed by atoms with Crippen molar-refractivity contribution in [3.8, 4) is 0 Å². The van der Waals surface area contributed by atoms with Gasteiger partial charge < -0.3 is 9.64 Å². The lowest BCUT2D eigenvalue weighted by Crippen LogP contribution is -2.43. The molecule has 0 bridgehead atoms. The van der Waals surface area contributed by atoms with Crippen LogP contribution in [0.5, 0.6) is 0 Å². The molecule has 1 aromatic carbocycles. The Morgan fingerprint density at radius 1 is 1.10 bits per heavy atom. The molecule has 2 aliphatic rings. The third-order valence-electron chi connectivity index (χ3n) is 6.58. The van der Waals surface area contributed by atoms with Crippen molar-refractivity contribution >= 4 is 5.91 Å². The van der Waals surface area contributed by atoms with Crippen LogP contribution in [0.3, 0.4) is 0 Å². The predicted molar refractivity (Wildman–Crippen MR) is 121 cm³/mol. The number of carbonyl (C=O) groups excluding carboxylic acids is 1. The topological polar surface area (TPSA) is 58.6 Å². The summed E-state index contributed by atoms with van der Waals surface area (Å²) in [6, 6.07) is 8.64. The lowest BCUT2D eigenvalue weighted by Gasteiger charge is -2.35. The van der Waals surface area contributed by atoms with Gasteiger partial charge in [-0.15, -0.1) is 0 Å². The van der Waals surface area contributed by atoms with Crippen LogP contribution in [0.25, 0.3) is 0 Å². The van der Waals surface area contributed by atoms with Gasteiger partial charge in [0.2, 0.25) is 0 Å². The predicted octanol–water partition coefficient (Wildman–Crippen LogP) is 3.63. The molecule has 1 atom stereocenters. The minimum atomic E-state index is -0.0228. The summed E-state index contributed by atoms with van der Waals surface area (Å²) < 4.78 is 5.83. The summed E-state index contributed by atoms with van der Waals surface area (Å²) in [7, 11) is 0. The molecule has 31 heavy (non-hydrogen) atoms. The molecule has 0 N–H and O–H groups in total. The Labute approximate surface area is 185 Å². The molecule has 1 amide bonds. The fourth-order valence-electron chi connectivity index (χ4n) is 4.61. The number of hydrogen-bond donors (Lipinski definition) is 0. The van der Waals surface area contributed by atoms with Gasteiger partial charge in [-0.25, -0.2) is 4.98 Å². The first-order valence-electron chi connectivity index (χ1n) is 11.5. The summed E-state index contributed by atoms with van der Waals surface area (Å²) in [5.74, 6) is 0.488. The molecule has 0 aliphatic carbocycles. The Morgan fingerprint density at radius 3 is 2.58 bits per heavy atom. The maximum absolute atomic E-state index is 13.2. The highest BCUT2D eigenvalue weighted by Gasteiger charge is 2.28. The zero-order valence-electron chi connectivity index (χ0n) is 18.8. The fraction of sp³-hybridized carbons (Fsp3) is 0.560. The third-order valence-corrected chi connectivity index (χ3v) is 6.58. The van der Waals surface area contributed by atoms with Gasteiger partial charge in [0, 0.05) is 32.4 Å². The lowest BCUT2D eigenvalue weighted by molar-refractivity contribution is 0.0440. The SMILES string of the molecule is Cc1cnc(C(=O)N(CC2CCN(Cc3ccccc3C)CC2)C[C@H]2CCCO2)cn1. The summed E-state index contributed by atoms with van der Waals surface area (Å²) in [5, 5.41) is 0. The zero-order chi connectivity index (χ0) is 21.6. The van der Waals surface area contributed by atoms with E-state index in [2.05, 4.69) is 46.1 Å². The standard InChI is InChI=1S/C25H34N4O2/c1-19-6-3-4-7-22(19)17-28-11-9-21(10-12-28)16-29(18-23-8-5-13-31-23)25(30)24-15-26-20(2)14-27-24/h3-4,6-7,14-15,21,23H,5,8-13,16-18H2,1-2H3/t23-/m1/s1. The maximum Gasteiger partial charge on any atom is 0.274 e. The number of rotatable bonds is 7. The van der Waals surface area contributed by atoms with Gasteiger partial charge in [0.1, 0.15) is 5.69 Å². The molecule has 166 valence electrons. The first kappa shape index (κ1) is 21.9. The quantitative estimate of drug-likeness (QED) is 0.682. The van der Waals surface area contributed by atoms with Crippen LogP contribution >= 0.6 is 0 Å².